The van der Waals surface area contributed by atoms with Gasteiger partial charge in [0.05, 0.1) is 36.3 Å². The maximum absolute atomic E-state index is 13.1. The van der Waals surface area contributed by atoms with E-state index in [4.69, 9.17) is 24.7 Å². The number of hydrogen-bond donors (Lipinski definition) is 6. The number of nitriles is 2. The van der Waals surface area contributed by atoms with Crippen molar-refractivity contribution in [3.63, 3.8) is 0 Å². The summed E-state index contributed by atoms with van der Waals surface area (Å²) in [5, 5.41) is 69.8. The fourth-order valence-electron chi connectivity index (χ4n) is 14.8. The topological polar surface area (TPSA) is 233 Å². The van der Waals surface area contributed by atoms with E-state index in [1.165, 1.54) is 6.08 Å². The van der Waals surface area contributed by atoms with Crippen molar-refractivity contribution in [1.82, 2.24) is 24.9 Å². The molecule has 17 nitrogen and oxygen atoms in total. The molecule has 0 spiro atoms. The average Bonchev–Trinajstić information content (AvgIpc) is 4.27. The minimum atomic E-state index is -0.519. The molecular weight excluding hydrogens is 1440 g/mol. The number of hydrogen-bond acceptors (Lipinski definition) is 16. The molecule has 4 bridgehead atoms. The Hall–Kier alpha value is -4.63. The zero-order valence-corrected chi connectivity index (χ0v) is 55.9. The van der Waals surface area contributed by atoms with E-state index in [1.807, 2.05) is 86.0 Å². The Morgan fingerprint density at radius 3 is 1.51 bits per heavy atom. The molecule has 2 radical (unpaired) electrons. The molecular formula is C61H66Ac2N8O9. The first-order chi connectivity index (χ1) is 37.5. The number of nitrogens with two attached hydrogens (primary N) is 1. The van der Waals surface area contributed by atoms with Crippen molar-refractivity contribution in [2.75, 3.05) is 40.8 Å². The first-order valence-corrected chi connectivity index (χ1v) is 26.9. The molecule has 13 rings (SSSR count). The number of likely N-dealkylation sites (N-methyl/N-ethyl adjacent to an activating group) is 2. The van der Waals surface area contributed by atoms with E-state index in [0.29, 0.717) is 71.3 Å². The molecule has 0 saturated carbocycles. The van der Waals surface area contributed by atoms with Gasteiger partial charge in [-0.15, -0.1) is 0 Å². The van der Waals surface area contributed by atoms with Crippen LogP contribution in [0.15, 0.2) is 48.5 Å². The van der Waals surface area contributed by atoms with E-state index in [2.05, 4.69) is 49.2 Å². The van der Waals surface area contributed by atoms with Crippen molar-refractivity contribution in [2.45, 2.75) is 128 Å². The van der Waals surface area contributed by atoms with Crippen molar-refractivity contribution >= 4 is 12.0 Å². The Bertz CT molecular complexity index is 3470. The Balaban J connectivity index is 0.000000181. The van der Waals surface area contributed by atoms with Crippen LogP contribution in [0.2, 0.25) is 0 Å². The van der Waals surface area contributed by atoms with Gasteiger partial charge in [0.25, 0.3) is 0 Å². The maximum Gasteiger partial charge on any atom is 0.244 e. The third-order valence-electron chi connectivity index (χ3n) is 18.8. The van der Waals surface area contributed by atoms with Crippen LogP contribution in [-0.2, 0) is 30.5 Å². The van der Waals surface area contributed by atoms with Gasteiger partial charge in [-0.1, -0.05) is 42.5 Å². The molecule has 10 atom stereocenters. The summed E-state index contributed by atoms with van der Waals surface area (Å²) < 4.78 is 23.4. The molecule has 80 heavy (non-hydrogen) atoms. The summed E-state index contributed by atoms with van der Waals surface area (Å²) in [6.45, 7) is 12.1. The monoisotopic (exact) mass is 1510 g/mol. The van der Waals surface area contributed by atoms with Gasteiger partial charge in [0.2, 0.25) is 19.5 Å². The van der Waals surface area contributed by atoms with Gasteiger partial charge in [-0.05, 0) is 126 Å². The van der Waals surface area contributed by atoms with Crippen molar-refractivity contribution in [3.05, 3.63) is 132 Å². The number of phenolic OH excluding ortho intramolecular Hbond substituents is 4. The van der Waals surface area contributed by atoms with Crippen molar-refractivity contribution in [2.24, 2.45) is 5.73 Å². The molecule has 2 saturated heterocycles. The molecule has 8 heterocycles. The summed E-state index contributed by atoms with van der Waals surface area (Å²) in [4.78, 5) is 22.0. The smallest absolute Gasteiger partial charge is 0.244 e. The van der Waals surface area contributed by atoms with Crippen LogP contribution >= 0.6 is 0 Å². The predicted octanol–water partition coefficient (Wildman–Crippen LogP) is 6.83. The van der Waals surface area contributed by atoms with Crippen LogP contribution in [0.3, 0.4) is 0 Å². The number of nitrogens with one attached hydrogen (secondary N) is 1. The summed E-state index contributed by atoms with van der Waals surface area (Å²) in [5.41, 5.74) is 19.5. The van der Waals surface area contributed by atoms with Gasteiger partial charge in [0.1, 0.15) is 35.1 Å². The fraction of sp³-hybridized carbons (Fsp3) is 0.426. The average molecular weight is 1510 g/mol. The molecule has 0 aromatic heterocycles. The van der Waals surface area contributed by atoms with Gasteiger partial charge in [-0.2, -0.15) is 10.5 Å². The number of piperazine rings is 2. The Kier molecular flexibility index (Phi) is 16.5. The molecule has 5 aromatic carbocycles. The van der Waals surface area contributed by atoms with Crippen LogP contribution in [0.4, 0.5) is 0 Å². The zero-order valence-electron chi connectivity index (χ0n) is 46.4. The SMILES string of the molecule is Cc1cc2c(c(O)c1C)[C@@H]1C3Cc4c(O)c(C)c5c(c4[C@H](CN)N3[C@@H](C#N)[C@H](C2)N1C)OCO5.Cc1cc2c(c(O)c1C)[C@@H]1C3Cc4c(O)c(C)c5c(c4[C@H](CNC(=O)/C=C/c4ccccc4)N3[C@@H](C#N)[C@H](C2)N1C)OCO5.[Ac].[Ac]. The minimum Gasteiger partial charge on any atom is -0.507 e. The molecule has 8 aliphatic rings. The van der Waals surface area contributed by atoms with Crippen LogP contribution in [0.5, 0.6) is 46.0 Å². The van der Waals surface area contributed by atoms with Crippen LogP contribution in [-0.4, -0.2) is 123 Å². The summed E-state index contributed by atoms with van der Waals surface area (Å²) in [7, 11) is 4.08. The third-order valence-corrected chi connectivity index (χ3v) is 18.8. The number of carbonyl (C=O) groups excluding carboxylic acids is 1. The second kappa shape index (κ2) is 22.5. The van der Waals surface area contributed by atoms with Gasteiger partial charge < -0.3 is 50.4 Å². The second-order valence-corrected chi connectivity index (χ2v) is 22.4. The number of aromatic hydroxyl groups is 4. The van der Waals surface area contributed by atoms with E-state index in [1.54, 1.807) is 6.08 Å². The largest absolute Gasteiger partial charge is 0.507 e. The normalized spacial score (nSPS) is 26.3. The fourth-order valence-corrected chi connectivity index (χ4v) is 14.8. The number of nitrogens with zero attached hydrogens (tertiary/aromatic N) is 6. The van der Waals surface area contributed by atoms with Gasteiger partial charge in [0.15, 0.2) is 23.0 Å². The number of carbonyl (C=O) groups is 1. The number of ether oxygens (including phenoxy) is 4. The van der Waals surface area contributed by atoms with Gasteiger partial charge in [-0.25, -0.2) is 0 Å². The predicted molar refractivity (Wildman–Crippen MR) is 290 cm³/mol. The molecule has 0 aliphatic carbocycles. The van der Waals surface area contributed by atoms with Crippen molar-refractivity contribution in [3.8, 4) is 58.1 Å². The van der Waals surface area contributed by atoms with Gasteiger partial charge in [-0.3, -0.25) is 24.4 Å². The van der Waals surface area contributed by atoms with E-state index in [0.717, 1.165) is 72.3 Å². The number of amides is 1. The number of benzene rings is 5. The molecule has 7 N–H and O–H groups in total. The molecule has 8 aliphatic heterocycles. The standard InChI is InChI=1S/C35H36N4O5.C26H30N4O4.2Ac/c1-18-12-22-13-24-26(15-36)39-25(31(38(24)4)29(22)33(42)19(18)2)14-23-30(35-34(43-17-44-35)20(3)32(23)41)27(39)16-37-28(40)11-10-21-8-6-5-7-9-21;1-11-5-14-6-16-18(8-27)30-17(22(29(16)4)20(14)24(32)12(11)2)7-15-21(19(30)9-28)26-25(33-10-34-26)13(3)23(15)31;;/h5-12,24-27,31,41-42H,13-14,16-17H2,1-4H3,(H,37,40);5,16-19,22,31-32H,6-7,9-10,28H2,1-4H3;;/b11-10+;;;/t24-,25?,26-,27-,31-;16-,17?,18-,19-,22-;;/m00../s1. The molecule has 5 aromatic rings. The van der Waals surface area contributed by atoms with E-state index in [-0.39, 0.29) is 174 Å². The third kappa shape index (κ3) is 8.94. The minimum absolute atomic E-state index is 0. The first kappa shape index (κ1) is 58.6. The second-order valence-electron chi connectivity index (χ2n) is 22.4. The van der Waals surface area contributed by atoms with Crippen molar-refractivity contribution < 1.29 is 132 Å². The van der Waals surface area contributed by atoms with Crippen LogP contribution in [0.1, 0.15) is 108 Å². The maximum atomic E-state index is 13.1. The number of aryl methyl sites for hydroxylation is 2. The summed E-state index contributed by atoms with van der Waals surface area (Å²) in [5.74, 6) is 2.96. The summed E-state index contributed by atoms with van der Waals surface area (Å²) in [6.07, 6.45) is 5.51. The Labute approximate surface area is 538 Å². The van der Waals surface area contributed by atoms with Crippen LogP contribution < -0.4 is 30.0 Å². The van der Waals surface area contributed by atoms with E-state index < -0.39 is 18.1 Å². The molecule has 2 unspecified atom stereocenters. The summed E-state index contributed by atoms with van der Waals surface area (Å²) in [6, 6.07) is 16.4. The van der Waals surface area contributed by atoms with Gasteiger partial charge in [0, 0.05) is 176 Å². The van der Waals surface area contributed by atoms with Gasteiger partial charge >= 0.3 is 0 Å². The van der Waals surface area contributed by atoms with Crippen LogP contribution in [0, 0.1) is 152 Å². The molecule has 2 fully saturated rings. The molecule has 19 heteroatoms. The van der Waals surface area contributed by atoms with Crippen LogP contribution in [0.25, 0.3) is 6.08 Å². The molecule has 1 amide bonds. The van der Waals surface area contributed by atoms with E-state index >= 15 is 0 Å². The molecule has 410 valence electrons. The van der Waals surface area contributed by atoms with Crippen molar-refractivity contribution in [1.29, 1.82) is 10.5 Å². The first-order valence-electron chi connectivity index (χ1n) is 26.9. The summed E-state index contributed by atoms with van der Waals surface area (Å²) >= 11 is 0. The quantitative estimate of drug-likeness (QED) is 0.0990. The van der Waals surface area contributed by atoms with E-state index in [9.17, 15) is 35.7 Å². The number of fused-ring (bicyclic) bond motifs is 18. The number of phenols is 4. The number of rotatable bonds is 5. The Morgan fingerprint density at radius 1 is 0.625 bits per heavy atom. The zero-order chi connectivity index (χ0) is 54.9. The Morgan fingerprint density at radius 2 is 1.06 bits per heavy atom.